The number of nitrogens with two attached hydrogens (primary N) is 1. The fourth-order valence-corrected chi connectivity index (χ4v) is 1.61. The van der Waals surface area contributed by atoms with E-state index in [0.717, 1.165) is 17.9 Å². The summed E-state index contributed by atoms with van der Waals surface area (Å²) in [6, 6.07) is 6.50. The lowest BCUT2D eigenvalue weighted by Crippen LogP contribution is -2.37. The molecule has 1 unspecified atom stereocenters. The number of anilines is 1. The summed E-state index contributed by atoms with van der Waals surface area (Å²) in [6.07, 6.45) is 1.04. The first-order chi connectivity index (χ1) is 6.83. The molecule has 1 heterocycles. The highest BCUT2D eigenvalue weighted by atomic mass is 16.5. The maximum absolute atomic E-state index is 5.59. The van der Waals surface area contributed by atoms with Gasteiger partial charge in [-0.2, -0.15) is 0 Å². The molecule has 2 rings (SSSR count). The predicted molar refractivity (Wildman–Crippen MR) is 57.8 cm³/mol. The largest absolute Gasteiger partial charge is 0.489 e. The number of hydrogen-bond acceptors (Lipinski definition) is 3. The second-order valence-electron chi connectivity index (χ2n) is 3.57. The van der Waals surface area contributed by atoms with Crippen molar-refractivity contribution in [2.24, 2.45) is 5.73 Å². The van der Waals surface area contributed by atoms with Crippen LogP contribution >= 0.6 is 0 Å². The standard InChI is InChI=1S/C11H16N2O/c1-2-8-3-4-11-10(5-8)13-9(6-12)7-14-11/h3-5,9,13H,2,6-7,12H2,1H3. The molecule has 3 heteroatoms. The number of fused-ring (bicyclic) bond motifs is 1. The van der Waals surface area contributed by atoms with Crippen molar-refractivity contribution in [1.29, 1.82) is 0 Å². The Morgan fingerprint density at radius 3 is 3.14 bits per heavy atom. The maximum Gasteiger partial charge on any atom is 0.142 e. The summed E-state index contributed by atoms with van der Waals surface area (Å²) in [6.45, 7) is 3.41. The van der Waals surface area contributed by atoms with Gasteiger partial charge in [0.1, 0.15) is 12.4 Å². The quantitative estimate of drug-likeness (QED) is 0.744. The molecule has 1 atom stereocenters. The summed E-state index contributed by atoms with van der Waals surface area (Å²) in [5, 5.41) is 3.37. The molecule has 3 N–H and O–H groups in total. The lowest BCUT2D eigenvalue weighted by Gasteiger charge is -2.26. The molecule has 0 bridgehead atoms. The van der Waals surface area contributed by atoms with E-state index < -0.39 is 0 Å². The summed E-state index contributed by atoms with van der Waals surface area (Å²) < 4.78 is 5.58. The van der Waals surface area contributed by atoms with Crippen molar-refractivity contribution in [1.82, 2.24) is 0 Å². The molecule has 1 aromatic rings. The van der Waals surface area contributed by atoms with E-state index in [1.807, 2.05) is 6.07 Å². The lowest BCUT2D eigenvalue weighted by molar-refractivity contribution is 0.286. The van der Waals surface area contributed by atoms with Crippen LogP contribution in [0.4, 0.5) is 5.69 Å². The van der Waals surface area contributed by atoms with Gasteiger partial charge < -0.3 is 15.8 Å². The minimum atomic E-state index is 0.245. The Morgan fingerprint density at radius 1 is 1.57 bits per heavy atom. The Morgan fingerprint density at radius 2 is 2.43 bits per heavy atom. The average Bonchev–Trinajstić information content (AvgIpc) is 2.27. The number of rotatable bonds is 2. The number of aryl methyl sites for hydroxylation is 1. The molecule has 0 radical (unpaired) electrons. The maximum atomic E-state index is 5.59. The Bertz CT molecular complexity index is 325. The van der Waals surface area contributed by atoms with Gasteiger partial charge in [-0.05, 0) is 24.1 Å². The van der Waals surface area contributed by atoms with Gasteiger partial charge in [-0.1, -0.05) is 13.0 Å². The average molecular weight is 192 g/mol. The van der Waals surface area contributed by atoms with Crippen LogP contribution in [-0.4, -0.2) is 19.2 Å². The first-order valence-electron chi connectivity index (χ1n) is 5.05. The molecular weight excluding hydrogens is 176 g/mol. The highest BCUT2D eigenvalue weighted by Gasteiger charge is 2.17. The van der Waals surface area contributed by atoms with Gasteiger partial charge in [-0.25, -0.2) is 0 Å². The number of hydrogen-bond donors (Lipinski definition) is 2. The summed E-state index contributed by atoms with van der Waals surface area (Å²) in [5.74, 6) is 0.937. The van der Waals surface area contributed by atoms with Gasteiger partial charge in [0.05, 0.1) is 11.7 Å². The van der Waals surface area contributed by atoms with Crippen LogP contribution in [-0.2, 0) is 6.42 Å². The van der Waals surface area contributed by atoms with Gasteiger partial charge in [0.2, 0.25) is 0 Å². The molecule has 0 aromatic heterocycles. The van der Waals surface area contributed by atoms with Crippen molar-refractivity contribution in [2.45, 2.75) is 19.4 Å². The normalized spacial score (nSPS) is 19.4. The van der Waals surface area contributed by atoms with E-state index in [9.17, 15) is 0 Å². The van der Waals surface area contributed by atoms with Crippen molar-refractivity contribution in [3.63, 3.8) is 0 Å². The van der Waals surface area contributed by atoms with Crippen molar-refractivity contribution in [2.75, 3.05) is 18.5 Å². The van der Waals surface area contributed by atoms with Gasteiger partial charge in [0, 0.05) is 6.54 Å². The van der Waals surface area contributed by atoms with E-state index >= 15 is 0 Å². The monoisotopic (exact) mass is 192 g/mol. The molecule has 1 aliphatic rings. The third-order valence-corrected chi connectivity index (χ3v) is 2.54. The van der Waals surface area contributed by atoms with Gasteiger partial charge >= 0.3 is 0 Å². The van der Waals surface area contributed by atoms with Crippen LogP contribution in [0.25, 0.3) is 0 Å². The lowest BCUT2D eigenvalue weighted by atomic mass is 10.1. The zero-order chi connectivity index (χ0) is 9.97. The van der Waals surface area contributed by atoms with Gasteiger partial charge in [-0.3, -0.25) is 0 Å². The topological polar surface area (TPSA) is 47.3 Å². The first-order valence-corrected chi connectivity index (χ1v) is 5.05. The smallest absolute Gasteiger partial charge is 0.142 e. The fraction of sp³-hybridized carbons (Fsp3) is 0.455. The van der Waals surface area contributed by atoms with E-state index in [0.29, 0.717) is 13.2 Å². The molecule has 1 aromatic carbocycles. The molecule has 0 spiro atoms. The highest BCUT2D eigenvalue weighted by Crippen LogP contribution is 2.29. The van der Waals surface area contributed by atoms with Crippen LogP contribution in [0.1, 0.15) is 12.5 Å². The molecule has 0 saturated heterocycles. The van der Waals surface area contributed by atoms with Crippen LogP contribution in [0.5, 0.6) is 5.75 Å². The minimum Gasteiger partial charge on any atom is -0.489 e. The van der Waals surface area contributed by atoms with Crippen molar-refractivity contribution >= 4 is 5.69 Å². The molecule has 0 saturated carbocycles. The molecule has 0 aliphatic carbocycles. The van der Waals surface area contributed by atoms with E-state index in [1.54, 1.807) is 0 Å². The van der Waals surface area contributed by atoms with E-state index in [2.05, 4.69) is 24.4 Å². The number of nitrogens with one attached hydrogen (secondary N) is 1. The molecule has 0 amide bonds. The zero-order valence-corrected chi connectivity index (χ0v) is 8.42. The summed E-state index contributed by atoms with van der Waals surface area (Å²) in [4.78, 5) is 0. The van der Waals surface area contributed by atoms with E-state index in [1.165, 1.54) is 5.56 Å². The second kappa shape index (κ2) is 3.88. The molecule has 76 valence electrons. The minimum absolute atomic E-state index is 0.245. The second-order valence-corrected chi connectivity index (χ2v) is 3.57. The third-order valence-electron chi connectivity index (χ3n) is 2.54. The predicted octanol–water partition coefficient (Wildman–Crippen LogP) is 1.38. The van der Waals surface area contributed by atoms with Crippen LogP contribution in [0.2, 0.25) is 0 Å². The molecule has 3 nitrogen and oxygen atoms in total. The van der Waals surface area contributed by atoms with Crippen LogP contribution in [0.15, 0.2) is 18.2 Å². The highest BCUT2D eigenvalue weighted by molar-refractivity contribution is 5.60. The molecule has 1 aliphatic heterocycles. The third kappa shape index (κ3) is 1.68. The van der Waals surface area contributed by atoms with Crippen LogP contribution in [0, 0.1) is 0 Å². The van der Waals surface area contributed by atoms with Gasteiger partial charge in [0.25, 0.3) is 0 Å². The zero-order valence-electron chi connectivity index (χ0n) is 8.42. The Hall–Kier alpha value is -1.22. The van der Waals surface area contributed by atoms with Gasteiger partial charge in [0.15, 0.2) is 0 Å². The SMILES string of the molecule is CCc1ccc2c(c1)NC(CN)CO2. The van der Waals surface area contributed by atoms with E-state index in [-0.39, 0.29) is 6.04 Å². The Labute approximate surface area is 84.3 Å². The summed E-state index contributed by atoms with van der Waals surface area (Å²) in [5.41, 5.74) is 7.98. The molecule has 0 fully saturated rings. The van der Waals surface area contributed by atoms with Gasteiger partial charge in [-0.15, -0.1) is 0 Å². The van der Waals surface area contributed by atoms with Crippen LogP contribution < -0.4 is 15.8 Å². The van der Waals surface area contributed by atoms with Crippen molar-refractivity contribution in [3.05, 3.63) is 23.8 Å². The fourth-order valence-electron chi connectivity index (χ4n) is 1.61. The summed E-state index contributed by atoms with van der Waals surface area (Å²) >= 11 is 0. The molecule has 14 heavy (non-hydrogen) atoms. The molecular formula is C11H16N2O. The van der Waals surface area contributed by atoms with E-state index in [4.69, 9.17) is 10.5 Å². The number of ether oxygens (including phenoxy) is 1. The Balaban J connectivity index is 2.25. The Kier molecular flexibility index (Phi) is 2.59. The van der Waals surface area contributed by atoms with Crippen molar-refractivity contribution in [3.8, 4) is 5.75 Å². The van der Waals surface area contributed by atoms with Crippen molar-refractivity contribution < 1.29 is 4.74 Å². The summed E-state index contributed by atoms with van der Waals surface area (Å²) in [7, 11) is 0. The number of benzene rings is 1. The first kappa shape index (κ1) is 9.34. The van der Waals surface area contributed by atoms with Crippen LogP contribution in [0.3, 0.4) is 0 Å².